The zero-order valence-electron chi connectivity index (χ0n) is 26.5. The second-order valence-electron chi connectivity index (χ2n) is 11.2. The van der Waals surface area contributed by atoms with E-state index in [1.807, 2.05) is 103 Å². The van der Waals surface area contributed by atoms with Crippen molar-refractivity contribution in [1.82, 2.24) is 4.57 Å². The van der Waals surface area contributed by atoms with Gasteiger partial charge in [0.1, 0.15) is 18.1 Å². The van der Waals surface area contributed by atoms with Crippen molar-refractivity contribution in [3.8, 4) is 11.5 Å². The number of benzene rings is 5. The largest absolute Gasteiger partial charge is 0.497 e. The van der Waals surface area contributed by atoms with Crippen molar-refractivity contribution >= 4 is 39.9 Å². The van der Waals surface area contributed by atoms with Gasteiger partial charge in [0.05, 0.1) is 35.6 Å². The van der Waals surface area contributed by atoms with Crippen LogP contribution in [0.3, 0.4) is 0 Å². The number of para-hydroxylation sites is 1. The quantitative estimate of drug-likeness (QED) is 0.163. The van der Waals surface area contributed by atoms with Crippen molar-refractivity contribution in [2.45, 2.75) is 19.6 Å². The lowest BCUT2D eigenvalue weighted by atomic mass is 9.93. The summed E-state index contributed by atoms with van der Waals surface area (Å²) in [5, 5.41) is 2.28. The SMILES string of the molecule is CCOC(=O)C1=C(c2ccccc2)N=c2s/c(=C/c3ccccc3OCc3cccc4ccccc34)c(=O)n2[C@@H]1c1cccc(OC)c1. The molecule has 7 rings (SSSR count). The number of carbonyl (C=O) groups is 1. The van der Waals surface area contributed by atoms with Gasteiger partial charge < -0.3 is 14.2 Å². The van der Waals surface area contributed by atoms with Crippen molar-refractivity contribution in [1.29, 1.82) is 0 Å². The van der Waals surface area contributed by atoms with E-state index in [0.717, 1.165) is 27.5 Å². The Morgan fingerprint density at radius 3 is 2.48 bits per heavy atom. The topological polar surface area (TPSA) is 79.1 Å². The molecule has 0 unspecified atom stereocenters. The predicted molar refractivity (Wildman–Crippen MR) is 189 cm³/mol. The molecular formula is C40H32N2O5S. The number of hydrogen-bond acceptors (Lipinski definition) is 7. The maximum absolute atomic E-state index is 14.4. The van der Waals surface area contributed by atoms with Gasteiger partial charge in [-0.05, 0) is 53.1 Å². The summed E-state index contributed by atoms with van der Waals surface area (Å²) in [4.78, 5) is 33.6. The molecule has 5 aromatic carbocycles. The van der Waals surface area contributed by atoms with E-state index in [2.05, 4.69) is 24.3 Å². The molecule has 6 aromatic rings. The number of fused-ring (bicyclic) bond motifs is 2. The number of methoxy groups -OCH3 is 1. The van der Waals surface area contributed by atoms with Crippen molar-refractivity contribution in [3.63, 3.8) is 0 Å². The van der Waals surface area contributed by atoms with Crippen LogP contribution in [0.1, 0.15) is 35.2 Å². The minimum atomic E-state index is -0.800. The number of thiazole rings is 1. The Bertz CT molecular complexity index is 2350. The van der Waals surface area contributed by atoms with Crippen LogP contribution < -0.4 is 24.4 Å². The molecule has 1 aliphatic rings. The van der Waals surface area contributed by atoms with E-state index in [9.17, 15) is 9.59 Å². The van der Waals surface area contributed by atoms with Gasteiger partial charge in [-0.2, -0.15) is 0 Å². The highest BCUT2D eigenvalue weighted by molar-refractivity contribution is 7.07. The first-order valence-electron chi connectivity index (χ1n) is 15.7. The predicted octanol–water partition coefficient (Wildman–Crippen LogP) is 6.68. The van der Waals surface area contributed by atoms with Crippen LogP contribution in [0.5, 0.6) is 11.5 Å². The van der Waals surface area contributed by atoms with E-state index in [-0.39, 0.29) is 17.7 Å². The average Bonchev–Trinajstić information content (AvgIpc) is 3.44. The molecule has 1 atom stereocenters. The number of hydrogen-bond donors (Lipinski definition) is 0. The van der Waals surface area contributed by atoms with Gasteiger partial charge in [0.2, 0.25) is 0 Å². The fourth-order valence-electron chi connectivity index (χ4n) is 6.01. The summed E-state index contributed by atoms with van der Waals surface area (Å²) in [6.45, 7) is 2.30. The lowest BCUT2D eigenvalue weighted by molar-refractivity contribution is -0.138. The molecule has 0 bridgehead atoms. The number of aromatic nitrogens is 1. The zero-order valence-corrected chi connectivity index (χ0v) is 27.3. The molecule has 0 aliphatic carbocycles. The standard InChI is InChI=1S/C40H32N2O5S/c1-3-46-39(44)35-36(27-14-5-4-6-15-27)41-40-42(37(35)29-18-12-20-31(23-29)45-2)38(43)34(48-40)24-28-16-8-10-22-33(28)47-25-30-19-11-17-26-13-7-9-21-32(26)30/h4-24,37H,3,25H2,1-2H3/b34-24+/t37-/m1/s1. The van der Waals surface area contributed by atoms with Crippen molar-refractivity contribution in [2.75, 3.05) is 13.7 Å². The fourth-order valence-corrected chi connectivity index (χ4v) is 7.01. The monoisotopic (exact) mass is 652 g/mol. The third kappa shape index (κ3) is 5.94. The highest BCUT2D eigenvalue weighted by atomic mass is 32.1. The highest BCUT2D eigenvalue weighted by Crippen LogP contribution is 2.36. The molecule has 0 saturated heterocycles. The first kappa shape index (κ1) is 30.9. The van der Waals surface area contributed by atoms with E-state index < -0.39 is 12.0 Å². The third-order valence-electron chi connectivity index (χ3n) is 8.25. The molecule has 0 N–H and O–H groups in total. The van der Waals surface area contributed by atoms with Gasteiger partial charge in [0.25, 0.3) is 5.56 Å². The van der Waals surface area contributed by atoms with E-state index in [4.69, 9.17) is 19.2 Å². The Morgan fingerprint density at radius 2 is 1.65 bits per heavy atom. The minimum absolute atomic E-state index is 0.176. The Morgan fingerprint density at radius 1 is 0.896 bits per heavy atom. The van der Waals surface area contributed by atoms with Crippen LogP contribution in [0.15, 0.2) is 137 Å². The number of esters is 1. The highest BCUT2D eigenvalue weighted by Gasteiger charge is 2.35. The Hall–Kier alpha value is -5.73. The lowest BCUT2D eigenvalue weighted by Gasteiger charge is -2.26. The Balaban J connectivity index is 1.37. The Kier molecular flexibility index (Phi) is 8.72. The number of rotatable bonds is 9. The molecule has 2 heterocycles. The van der Waals surface area contributed by atoms with Crippen LogP contribution in [0.2, 0.25) is 0 Å². The fraction of sp³-hybridized carbons (Fsp3) is 0.125. The first-order valence-corrected chi connectivity index (χ1v) is 16.5. The van der Waals surface area contributed by atoms with E-state index in [1.54, 1.807) is 18.6 Å². The molecule has 0 amide bonds. The molecule has 7 nitrogen and oxygen atoms in total. The number of nitrogens with zero attached hydrogens (tertiary/aromatic N) is 2. The van der Waals surface area contributed by atoms with Crippen LogP contribution >= 0.6 is 11.3 Å². The van der Waals surface area contributed by atoms with Gasteiger partial charge in [-0.25, -0.2) is 9.79 Å². The maximum Gasteiger partial charge on any atom is 0.338 e. The van der Waals surface area contributed by atoms with Crippen LogP contribution in [-0.2, 0) is 16.1 Å². The van der Waals surface area contributed by atoms with Gasteiger partial charge in [-0.3, -0.25) is 9.36 Å². The summed E-state index contributed by atoms with van der Waals surface area (Å²) in [5.74, 6) is 0.723. The smallest absolute Gasteiger partial charge is 0.338 e. The second kappa shape index (κ2) is 13.6. The molecule has 0 radical (unpaired) electrons. The van der Waals surface area contributed by atoms with Gasteiger partial charge in [0, 0.05) is 11.1 Å². The molecule has 0 saturated carbocycles. The van der Waals surface area contributed by atoms with Crippen LogP contribution in [0.25, 0.3) is 22.5 Å². The average molecular weight is 653 g/mol. The summed E-state index contributed by atoms with van der Waals surface area (Å²) in [6, 6.07) is 38.2. The molecule has 8 heteroatoms. The molecule has 238 valence electrons. The van der Waals surface area contributed by atoms with Crippen molar-refractivity contribution in [3.05, 3.63) is 169 Å². The maximum atomic E-state index is 14.4. The van der Waals surface area contributed by atoms with E-state index >= 15 is 0 Å². The summed E-state index contributed by atoms with van der Waals surface area (Å²) >= 11 is 1.27. The third-order valence-corrected chi connectivity index (χ3v) is 9.23. The number of ether oxygens (including phenoxy) is 3. The Labute approximate surface area is 281 Å². The zero-order chi connectivity index (χ0) is 33.0. The van der Waals surface area contributed by atoms with Crippen molar-refractivity contribution < 1.29 is 19.0 Å². The van der Waals surface area contributed by atoms with E-state index in [1.165, 1.54) is 11.3 Å². The summed E-state index contributed by atoms with van der Waals surface area (Å²) in [6.07, 6.45) is 1.83. The molecule has 0 spiro atoms. The molecule has 1 aromatic heterocycles. The van der Waals surface area contributed by atoms with Gasteiger partial charge in [-0.15, -0.1) is 0 Å². The van der Waals surface area contributed by atoms with E-state index in [0.29, 0.717) is 38.7 Å². The summed E-state index contributed by atoms with van der Waals surface area (Å²) < 4.78 is 19.5. The lowest BCUT2D eigenvalue weighted by Crippen LogP contribution is -2.40. The van der Waals surface area contributed by atoms with Crippen LogP contribution in [-0.4, -0.2) is 24.3 Å². The second-order valence-corrected chi connectivity index (χ2v) is 12.2. The van der Waals surface area contributed by atoms with Gasteiger partial charge in [0.15, 0.2) is 4.80 Å². The molecule has 1 aliphatic heterocycles. The summed E-state index contributed by atoms with van der Waals surface area (Å²) in [7, 11) is 1.59. The molecule has 0 fully saturated rings. The molecular weight excluding hydrogens is 621 g/mol. The minimum Gasteiger partial charge on any atom is -0.497 e. The van der Waals surface area contributed by atoms with Crippen LogP contribution in [0.4, 0.5) is 0 Å². The summed E-state index contributed by atoms with van der Waals surface area (Å²) in [5.41, 5.74) is 3.76. The van der Waals surface area contributed by atoms with Crippen molar-refractivity contribution in [2.24, 2.45) is 4.99 Å². The molecule has 48 heavy (non-hydrogen) atoms. The normalized spacial score (nSPS) is 14.4. The number of carbonyl (C=O) groups excluding carboxylic acids is 1. The van der Waals surface area contributed by atoms with Gasteiger partial charge in [-0.1, -0.05) is 114 Å². The van der Waals surface area contributed by atoms with Gasteiger partial charge >= 0.3 is 5.97 Å². The van der Waals surface area contributed by atoms with Crippen LogP contribution in [0, 0.1) is 0 Å². The first-order chi connectivity index (χ1) is 23.6.